The number of ether oxygens (including phenoxy) is 1. The van der Waals surface area contributed by atoms with Crippen molar-refractivity contribution in [1.29, 1.82) is 0 Å². The van der Waals surface area contributed by atoms with Crippen LogP contribution in [0, 0.1) is 19.7 Å². The average molecular weight is 394 g/mol. The van der Waals surface area contributed by atoms with E-state index in [0.717, 1.165) is 0 Å². The fourth-order valence-corrected chi connectivity index (χ4v) is 3.04. The van der Waals surface area contributed by atoms with E-state index >= 15 is 0 Å². The molecule has 0 atom stereocenters. The minimum absolute atomic E-state index is 0.0385. The van der Waals surface area contributed by atoms with E-state index in [1.54, 1.807) is 19.9 Å². The third-order valence-electron chi connectivity index (χ3n) is 3.46. The Morgan fingerprint density at radius 2 is 2.04 bits per heavy atom. The number of carbonyl (C=O) groups excluding carboxylic acids is 1. The number of anilines is 1. The van der Waals surface area contributed by atoms with Gasteiger partial charge in [0.2, 0.25) is 5.13 Å². The Balaban J connectivity index is 2.13. The van der Waals surface area contributed by atoms with Crippen LogP contribution in [0.3, 0.4) is 0 Å². The van der Waals surface area contributed by atoms with Gasteiger partial charge in [-0.25, -0.2) is 9.37 Å². The normalized spacial score (nSPS) is 10.7. The van der Waals surface area contributed by atoms with Crippen molar-refractivity contribution in [3.8, 4) is 16.9 Å². The predicted molar refractivity (Wildman–Crippen MR) is 96.3 cm³/mol. The monoisotopic (exact) mass is 393 g/mol. The molecule has 0 fully saturated rings. The largest absolute Gasteiger partial charge is 0.494 e. The van der Waals surface area contributed by atoms with Crippen molar-refractivity contribution >= 4 is 34.0 Å². The van der Waals surface area contributed by atoms with E-state index in [-0.39, 0.29) is 27.6 Å². The van der Waals surface area contributed by atoms with Crippen molar-refractivity contribution in [3.05, 3.63) is 45.7 Å². The summed E-state index contributed by atoms with van der Waals surface area (Å²) in [7, 11) is 1.38. The Kier molecular flexibility index (Phi) is 5.10. The van der Waals surface area contributed by atoms with Crippen LogP contribution in [0.1, 0.15) is 21.1 Å². The molecule has 1 N–H and O–H groups in total. The first-order valence-electron chi connectivity index (χ1n) is 7.37. The van der Waals surface area contributed by atoms with Crippen LogP contribution in [0.5, 0.6) is 5.75 Å². The second-order valence-electron chi connectivity index (χ2n) is 5.26. The molecule has 3 rings (SSSR count). The zero-order valence-corrected chi connectivity index (χ0v) is 15.6. The lowest BCUT2D eigenvalue weighted by atomic mass is 10.00. The van der Waals surface area contributed by atoms with Gasteiger partial charge in [-0.1, -0.05) is 22.9 Å². The lowest BCUT2D eigenvalue weighted by Crippen LogP contribution is -2.14. The molecule has 7 nitrogen and oxygen atoms in total. The van der Waals surface area contributed by atoms with E-state index in [0.29, 0.717) is 15.8 Å². The molecule has 0 unspecified atom stereocenters. The number of halogens is 2. The Hall–Kier alpha value is -2.65. The van der Waals surface area contributed by atoms with Crippen molar-refractivity contribution in [2.24, 2.45) is 0 Å². The van der Waals surface area contributed by atoms with E-state index in [1.807, 2.05) is 0 Å². The highest BCUT2D eigenvalue weighted by atomic mass is 35.5. The van der Waals surface area contributed by atoms with Gasteiger partial charge in [-0.05, 0) is 19.9 Å². The Morgan fingerprint density at radius 1 is 1.27 bits per heavy atom. The maximum Gasteiger partial charge on any atom is 0.259 e. The zero-order valence-electron chi connectivity index (χ0n) is 14.0. The number of amides is 1. The fraction of sp³-hybridized carbons (Fsp3) is 0.188. The fourth-order valence-electron chi connectivity index (χ4n) is 2.31. The molecule has 134 valence electrons. The van der Waals surface area contributed by atoms with Gasteiger partial charge in [0.15, 0.2) is 11.0 Å². The van der Waals surface area contributed by atoms with Crippen molar-refractivity contribution in [1.82, 2.24) is 20.2 Å². The van der Waals surface area contributed by atoms with Crippen molar-refractivity contribution in [2.75, 3.05) is 12.4 Å². The molecule has 1 amide bonds. The molecule has 0 aliphatic rings. The summed E-state index contributed by atoms with van der Waals surface area (Å²) < 4.78 is 19.9. The molecule has 0 saturated carbocycles. The second kappa shape index (κ2) is 7.30. The van der Waals surface area contributed by atoms with Crippen LogP contribution in [0.25, 0.3) is 11.1 Å². The van der Waals surface area contributed by atoms with Crippen molar-refractivity contribution < 1.29 is 13.9 Å². The summed E-state index contributed by atoms with van der Waals surface area (Å²) in [4.78, 5) is 20.6. The summed E-state index contributed by atoms with van der Waals surface area (Å²) in [6.45, 7) is 3.50. The van der Waals surface area contributed by atoms with Gasteiger partial charge in [0.25, 0.3) is 5.91 Å². The molecule has 3 aromatic rings. The van der Waals surface area contributed by atoms with Crippen LogP contribution in [-0.2, 0) is 0 Å². The highest BCUT2D eigenvalue weighted by Gasteiger charge is 2.23. The molecular weight excluding hydrogens is 381 g/mol. The number of pyridine rings is 2. The molecule has 26 heavy (non-hydrogen) atoms. The topological polar surface area (TPSA) is 89.9 Å². The molecule has 3 heterocycles. The highest BCUT2D eigenvalue weighted by molar-refractivity contribution is 7.15. The summed E-state index contributed by atoms with van der Waals surface area (Å²) >= 11 is 7.05. The Labute approximate surface area is 157 Å². The minimum Gasteiger partial charge on any atom is -0.494 e. The maximum absolute atomic E-state index is 14.7. The van der Waals surface area contributed by atoms with E-state index < -0.39 is 11.7 Å². The molecule has 0 spiro atoms. The van der Waals surface area contributed by atoms with Crippen LogP contribution in [-0.4, -0.2) is 33.2 Å². The van der Waals surface area contributed by atoms with E-state index in [2.05, 4.69) is 25.5 Å². The second-order valence-corrected chi connectivity index (χ2v) is 6.80. The van der Waals surface area contributed by atoms with Gasteiger partial charge in [0.05, 0.1) is 24.4 Å². The first-order chi connectivity index (χ1) is 12.4. The number of aromatic nitrogens is 4. The summed E-state index contributed by atoms with van der Waals surface area (Å²) in [5.41, 5.74) is 1.06. The first kappa shape index (κ1) is 18.2. The number of hydrogen-bond acceptors (Lipinski definition) is 7. The summed E-state index contributed by atoms with van der Waals surface area (Å²) in [6.07, 6.45) is 2.66. The molecule has 0 aliphatic heterocycles. The molecule has 3 aromatic heterocycles. The van der Waals surface area contributed by atoms with E-state index in [9.17, 15) is 9.18 Å². The standard InChI is InChI=1S/C16H13ClFN5O2S/c1-7-4-9(12-11(25-3)6-20-14(17)13(12)18)10(5-19-7)15(24)21-16-23-22-8(2)26-16/h4-6H,1-3H3,(H,21,23,24). The van der Waals surface area contributed by atoms with Crippen LogP contribution in [0.2, 0.25) is 5.15 Å². The van der Waals surface area contributed by atoms with Crippen LogP contribution >= 0.6 is 22.9 Å². The van der Waals surface area contributed by atoms with Crippen LogP contribution < -0.4 is 10.1 Å². The van der Waals surface area contributed by atoms with E-state index in [1.165, 1.54) is 30.8 Å². The molecule has 0 bridgehead atoms. The smallest absolute Gasteiger partial charge is 0.259 e. The molecule has 0 saturated heterocycles. The van der Waals surface area contributed by atoms with Gasteiger partial charge >= 0.3 is 0 Å². The lowest BCUT2D eigenvalue weighted by molar-refractivity contribution is 0.102. The van der Waals surface area contributed by atoms with Gasteiger partial charge in [0.1, 0.15) is 10.8 Å². The number of methoxy groups -OCH3 is 1. The number of nitrogens with one attached hydrogen (secondary N) is 1. The number of aryl methyl sites for hydroxylation is 2. The average Bonchev–Trinajstić information content (AvgIpc) is 3.01. The van der Waals surface area contributed by atoms with Gasteiger partial charge in [-0.2, -0.15) is 0 Å². The van der Waals surface area contributed by atoms with Crippen LogP contribution in [0.15, 0.2) is 18.5 Å². The SMILES string of the molecule is COc1cnc(Cl)c(F)c1-c1cc(C)ncc1C(=O)Nc1nnc(C)s1. The van der Waals surface area contributed by atoms with Crippen LogP contribution in [0.4, 0.5) is 9.52 Å². The van der Waals surface area contributed by atoms with Gasteiger partial charge in [-0.3, -0.25) is 15.1 Å². The summed E-state index contributed by atoms with van der Waals surface area (Å²) in [5, 5.41) is 11.1. The summed E-state index contributed by atoms with van der Waals surface area (Å²) in [5.74, 6) is -1.13. The summed E-state index contributed by atoms with van der Waals surface area (Å²) in [6, 6.07) is 1.58. The Morgan fingerprint density at radius 3 is 2.69 bits per heavy atom. The lowest BCUT2D eigenvalue weighted by Gasteiger charge is -2.14. The Bertz CT molecular complexity index is 995. The van der Waals surface area contributed by atoms with Crippen molar-refractivity contribution in [3.63, 3.8) is 0 Å². The number of rotatable bonds is 4. The number of nitrogens with zero attached hydrogens (tertiary/aromatic N) is 4. The number of hydrogen-bond donors (Lipinski definition) is 1. The third-order valence-corrected chi connectivity index (χ3v) is 4.48. The first-order valence-corrected chi connectivity index (χ1v) is 8.56. The quantitative estimate of drug-likeness (QED) is 0.680. The van der Waals surface area contributed by atoms with E-state index in [4.69, 9.17) is 16.3 Å². The molecule has 0 radical (unpaired) electrons. The van der Waals surface area contributed by atoms with Gasteiger partial charge in [-0.15, -0.1) is 10.2 Å². The highest BCUT2D eigenvalue weighted by Crippen LogP contribution is 2.37. The molecular formula is C16H13ClFN5O2S. The maximum atomic E-state index is 14.7. The number of carbonyl (C=O) groups is 1. The van der Waals surface area contributed by atoms with Crippen molar-refractivity contribution in [2.45, 2.75) is 13.8 Å². The van der Waals surface area contributed by atoms with Gasteiger partial charge < -0.3 is 4.74 Å². The third kappa shape index (κ3) is 3.49. The predicted octanol–water partition coefficient (Wildman–Crippen LogP) is 3.67. The zero-order chi connectivity index (χ0) is 18.8. The van der Waals surface area contributed by atoms with Gasteiger partial charge in [0, 0.05) is 17.5 Å². The molecule has 0 aliphatic carbocycles. The molecule has 10 heteroatoms. The molecule has 0 aromatic carbocycles. The minimum atomic E-state index is -0.780.